The number of aryl methyl sites for hydroxylation is 1. The maximum atomic E-state index is 11.6. The third kappa shape index (κ3) is 4.71. The van der Waals surface area contributed by atoms with Crippen LogP contribution in [0.2, 0.25) is 0 Å². The highest BCUT2D eigenvalue weighted by Gasteiger charge is 2.22. The molecule has 0 unspecified atom stereocenters. The Balaban J connectivity index is 1.46. The van der Waals surface area contributed by atoms with Gasteiger partial charge in [0.2, 0.25) is 5.91 Å². The molecule has 0 aromatic heterocycles. The van der Waals surface area contributed by atoms with Gasteiger partial charge in [-0.25, -0.2) is 0 Å². The van der Waals surface area contributed by atoms with Crippen molar-refractivity contribution in [1.82, 2.24) is 5.32 Å². The van der Waals surface area contributed by atoms with E-state index in [2.05, 4.69) is 33.8 Å². The first-order valence-corrected chi connectivity index (χ1v) is 8.69. The van der Waals surface area contributed by atoms with E-state index in [0.29, 0.717) is 25.0 Å². The summed E-state index contributed by atoms with van der Waals surface area (Å²) in [4.78, 5) is 15.9. The van der Waals surface area contributed by atoms with Gasteiger partial charge < -0.3 is 16.4 Å². The van der Waals surface area contributed by atoms with Crippen LogP contribution in [0, 0.1) is 0 Å². The first kappa shape index (κ1) is 15.8. The van der Waals surface area contributed by atoms with Crippen molar-refractivity contribution in [3.8, 4) is 0 Å². The molecule has 0 heterocycles. The van der Waals surface area contributed by atoms with Crippen LogP contribution in [-0.4, -0.2) is 24.5 Å². The summed E-state index contributed by atoms with van der Waals surface area (Å²) in [5, 5.41) is 6.21. The van der Waals surface area contributed by atoms with E-state index >= 15 is 0 Å². The average molecular weight is 314 g/mol. The highest BCUT2D eigenvalue weighted by Crippen LogP contribution is 2.27. The van der Waals surface area contributed by atoms with Gasteiger partial charge in [-0.1, -0.05) is 12.1 Å². The highest BCUT2D eigenvalue weighted by atomic mass is 16.1. The molecular weight excluding hydrogens is 288 g/mol. The van der Waals surface area contributed by atoms with Crippen LogP contribution < -0.4 is 16.4 Å². The van der Waals surface area contributed by atoms with Crippen molar-refractivity contribution in [1.29, 1.82) is 0 Å². The molecular formula is C18H26N4O. The number of benzene rings is 1. The fraction of sp³-hybridized carbons (Fsp3) is 0.556. The van der Waals surface area contributed by atoms with Gasteiger partial charge in [-0.15, -0.1) is 0 Å². The predicted octanol–water partition coefficient (Wildman–Crippen LogP) is 2.35. The van der Waals surface area contributed by atoms with Crippen molar-refractivity contribution in [3.63, 3.8) is 0 Å². The summed E-state index contributed by atoms with van der Waals surface area (Å²) in [5.41, 5.74) is 9.86. The summed E-state index contributed by atoms with van der Waals surface area (Å²) < 4.78 is 0. The van der Waals surface area contributed by atoms with E-state index < -0.39 is 0 Å². The molecule has 124 valence electrons. The molecule has 4 N–H and O–H groups in total. The third-order valence-electron chi connectivity index (χ3n) is 4.45. The Bertz CT molecular complexity index is 593. The maximum Gasteiger partial charge on any atom is 0.220 e. The predicted molar refractivity (Wildman–Crippen MR) is 93.6 cm³/mol. The van der Waals surface area contributed by atoms with Gasteiger partial charge in [0.1, 0.15) is 0 Å². The molecule has 0 radical (unpaired) electrons. The van der Waals surface area contributed by atoms with E-state index in [4.69, 9.17) is 5.73 Å². The van der Waals surface area contributed by atoms with E-state index in [9.17, 15) is 4.79 Å². The van der Waals surface area contributed by atoms with Gasteiger partial charge in [0.05, 0.1) is 0 Å². The van der Waals surface area contributed by atoms with Gasteiger partial charge >= 0.3 is 0 Å². The molecule has 0 aliphatic heterocycles. The van der Waals surface area contributed by atoms with Gasteiger partial charge in [-0.2, -0.15) is 0 Å². The molecule has 23 heavy (non-hydrogen) atoms. The van der Waals surface area contributed by atoms with E-state index in [0.717, 1.165) is 37.8 Å². The third-order valence-corrected chi connectivity index (χ3v) is 4.45. The highest BCUT2D eigenvalue weighted by molar-refractivity contribution is 5.93. The van der Waals surface area contributed by atoms with Crippen LogP contribution >= 0.6 is 0 Å². The summed E-state index contributed by atoms with van der Waals surface area (Å²) in [6.07, 6.45) is 8.26. The Hall–Kier alpha value is -2.04. The largest absolute Gasteiger partial charge is 0.370 e. The van der Waals surface area contributed by atoms with Gasteiger partial charge in [-0.05, 0) is 62.1 Å². The normalized spacial score (nSPS) is 17.5. The summed E-state index contributed by atoms with van der Waals surface area (Å²) in [6.45, 7) is 0.575. The maximum absolute atomic E-state index is 11.6. The number of nitrogens with two attached hydrogens (primary N) is 1. The van der Waals surface area contributed by atoms with Crippen LogP contribution in [0.5, 0.6) is 0 Å². The van der Waals surface area contributed by atoms with Crippen LogP contribution in [0.15, 0.2) is 23.2 Å². The lowest BCUT2D eigenvalue weighted by Gasteiger charge is -2.19. The lowest BCUT2D eigenvalue weighted by molar-refractivity contribution is -0.121. The standard InChI is InChI=1S/C18H26N4O/c19-18(20-12-4-9-17(23)21-14-10-11-14)22-16-8-3-6-13-5-1-2-7-15(13)16/h3,6,8,14H,1-2,4-5,7,9-12H2,(H,21,23)(H3,19,20,22). The van der Waals surface area contributed by atoms with Crippen LogP contribution in [-0.2, 0) is 17.6 Å². The summed E-state index contributed by atoms with van der Waals surface area (Å²) in [5.74, 6) is 0.568. The molecule has 5 nitrogen and oxygen atoms in total. The summed E-state index contributed by atoms with van der Waals surface area (Å²) >= 11 is 0. The van der Waals surface area contributed by atoms with Crippen LogP contribution in [0.3, 0.4) is 0 Å². The fourth-order valence-electron chi connectivity index (χ4n) is 3.04. The van der Waals surface area contributed by atoms with Crippen LogP contribution in [0.25, 0.3) is 0 Å². The zero-order valence-corrected chi connectivity index (χ0v) is 13.6. The number of guanidine groups is 1. The Morgan fingerprint density at radius 3 is 2.91 bits per heavy atom. The second-order valence-corrected chi connectivity index (χ2v) is 6.49. The second kappa shape index (κ2) is 7.49. The van der Waals surface area contributed by atoms with Crippen molar-refractivity contribution < 1.29 is 4.79 Å². The minimum absolute atomic E-state index is 0.131. The van der Waals surface area contributed by atoms with E-state index in [1.807, 2.05) is 0 Å². The zero-order valence-electron chi connectivity index (χ0n) is 13.6. The lowest BCUT2D eigenvalue weighted by atomic mass is 9.90. The monoisotopic (exact) mass is 314 g/mol. The van der Waals surface area contributed by atoms with Gasteiger partial charge in [0, 0.05) is 24.7 Å². The number of amides is 1. The summed E-state index contributed by atoms with van der Waals surface area (Å²) in [6, 6.07) is 6.77. The number of rotatable bonds is 6. The van der Waals surface area contributed by atoms with Crippen LogP contribution in [0.1, 0.15) is 49.7 Å². The topological polar surface area (TPSA) is 79.5 Å². The molecule has 1 fully saturated rings. The van der Waals surface area contributed by atoms with Gasteiger partial charge in [0.25, 0.3) is 0 Å². The Kier molecular flexibility index (Phi) is 5.16. The molecule has 0 saturated heterocycles. The van der Waals surface area contributed by atoms with Crippen molar-refractivity contribution in [2.75, 3.05) is 11.9 Å². The first-order chi connectivity index (χ1) is 11.2. The first-order valence-electron chi connectivity index (χ1n) is 8.69. The molecule has 3 rings (SSSR count). The number of carbonyl (C=O) groups is 1. The molecule has 0 spiro atoms. The Morgan fingerprint density at radius 1 is 1.26 bits per heavy atom. The molecule has 0 atom stereocenters. The summed E-state index contributed by atoms with van der Waals surface area (Å²) in [7, 11) is 0. The van der Waals surface area contributed by atoms with Gasteiger partial charge in [-0.3, -0.25) is 9.79 Å². The van der Waals surface area contributed by atoms with Crippen molar-refractivity contribution >= 4 is 17.6 Å². The number of carbonyl (C=O) groups excluding carboxylic acids is 1. The number of nitrogens with one attached hydrogen (secondary N) is 2. The smallest absolute Gasteiger partial charge is 0.220 e. The van der Waals surface area contributed by atoms with Crippen molar-refractivity contribution in [2.45, 2.75) is 57.4 Å². The molecule has 2 aliphatic carbocycles. The van der Waals surface area contributed by atoms with Gasteiger partial charge in [0.15, 0.2) is 5.96 Å². The SMILES string of the molecule is NC(=NCCCC(=O)NC1CC1)Nc1cccc2c1CCCC2. The Morgan fingerprint density at radius 2 is 2.09 bits per heavy atom. The van der Waals surface area contributed by atoms with E-state index in [1.165, 1.54) is 24.0 Å². The Labute approximate surface area is 137 Å². The van der Waals surface area contributed by atoms with Crippen molar-refractivity contribution in [2.24, 2.45) is 10.7 Å². The molecule has 1 aromatic carbocycles. The van der Waals surface area contributed by atoms with Crippen LogP contribution in [0.4, 0.5) is 5.69 Å². The quantitative estimate of drug-likeness (QED) is 0.428. The average Bonchev–Trinajstić information content (AvgIpc) is 3.36. The fourth-order valence-corrected chi connectivity index (χ4v) is 3.04. The second-order valence-electron chi connectivity index (χ2n) is 6.49. The molecule has 1 saturated carbocycles. The lowest BCUT2D eigenvalue weighted by Crippen LogP contribution is -2.26. The van der Waals surface area contributed by atoms with E-state index in [1.54, 1.807) is 0 Å². The number of hydrogen-bond donors (Lipinski definition) is 3. The number of nitrogens with zero attached hydrogens (tertiary/aromatic N) is 1. The number of hydrogen-bond acceptors (Lipinski definition) is 2. The molecule has 1 amide bonds. The zero-order chi connectivity index (χ0) is 16.1. The molecule has 1 aromatic rings. The van der Waals surface area contributed by atoms with E-state index in [-0.39, 0.29) is 5.91 Å². The number of anilines is 1. The minimum Gasteiger partial charge on any atom is -0.370 e. The molecule has 2 aliphatic rings. The van der Waals surface area contributed by atoms with Crippen molar-refractivity contribution in [3.05, 3.63) is 29.3 Å². The molecule has 5 heteroatoms. The minimum atomic E-state index is 0.131. The molecule has 0 bridgehead atoms. The number of aliphatic imine (C=N–C) groups is 1. The number of fused-ring (bicyclic) bond motifs is 1.